The SMILES string of the molecule is CC(C)c1cc(Cc2c(Cl)cc(SCC(N)=O)cc2Cl)ccc1O. The van der Waals surface area contributed by atoms with Crippen LogP contribution in [0.3, 0.4) is 0 Å². The Morgan fingerprint density at radius 1 is 1.21 bits per heavy atom. The number of benzene rings is 2. The molecule has 2 aromatic carbocycles. The van der Waals surface area contributed by atoms with Crippen molar-refractivity contribution in [1.29, 1.82) is 0 Å². The molecule has 0 aliphatic heterocycles. The number of nitrogens with two attached hydrogens (primary N) is 1. The van der Waals surface area contributed by atoms with E-state index in [1.807, 2.05) is 26.0 Å². The fourth-order valence-corrected chi connectivity index (χ4v) is 3.83. The Labute approximate surface area is 156 Å². The lowest BCUT2D eigenvalue weighted by atomic mass is 9.96. The van der Waals surface area contributed by atoms with Gasteiger partial charge >= 0.3 is 0 Å². The summed E-state index contributed by atoms with van der Waals surface area (Å²) in [6, 6.07) is 9.12. The minimum Gasteiger partial charge on any atom is -0.508 e. The first-order valence-corrected chi connectivity index (χ1v) is 9.23. The van der Waals surface area contributed by atoms with Crippen LogP contribution in [0.4, 0.5) is 0 Å². The van der Waals surface area contributed by atoms with E-state index in [0.29, 0.717) is 22.2 Å². The van der Waals surface area contributed by atoms with Crippen LogP contribution < -0.4 is 5.73 Å². The Balaban J connectivity index is 2.27. The van der Waals surface area contributed by atoms with Gasteiger partial charge in [-0.1, -0.05) is 49.2 Å². The monoisotopic (exact) mass is 383 g/mol. The van der Waals surface area contributed by atoms with E-state index >= 15 is 0 Å². The first-order valence-electron chi connectivity index (χ1n) is 7.48. The summed E-state index contributed by atoms with van der Waals surface area (Å²) in [5.74, 6) is 0.316. The number of phenols is 1. The topological polar surface area (TPSA) is 63.3 Å². The quantitative estimate of drug-likeness (QED) is 0.690. The average molecular weight is 384 g/mol. The van der Waals surface area contributed by atoms with Crippen LogP contribution in [0.1, 0.15) is 36.5 Å². The van der Waals surface area contributed by atoms with E-state index in [0.717, 1.165) is 21.6 Å². The Morgan fingerprint density at radius 2 is 1.83 bits per heavy atom. The lowest BCUT2D eigenvalue weighted by Crippen LogP contribution is -2.12. The molecule has 24 heavy (non-hydrogen) atoms. The van der Waals surface area contributed by atoms with Gasteiger partial charge in [0.1, 0.15) is 5.75 Å². The second-order valence-corrected chi connectivity index (χ2v) is 7.71. The Bertz CT molecular complexity index is 740. The largest absolute Gasteiger partial charge is 0.508 e. The molecule has 0 aliphatic rings. The lowest BCUT2D eigenvalue weighted by molar-refractivity contribution is -0.115. The average Bonchev–Trinajstić information content (AvgIpc) is 2.50. The summed E-state index contributed by atoms with van der Waals surface area (Å²) < 4.78 is 0. The van der Waals surface area contributed by atoms with Gasteiger partial charge in [-0.15, -0.1) is 11.8 Å². The minimum atomic E-state index is -0.387. The molecule has 128 valence electrons. The Kier molecular flexibility index (Phi) is 6.44. The Hall–Kier alpha value is -1.36. The molecule has 3 N–H and O–H groups in total. The standard InChI is InChI=1S/C18H19Cl2NO2S/c1-10(2)13-5-11(3-4-17(13)22)6-14-15(19)7-12(8-16(14)20)24-9-18(21)23/h3-5,7-8,10,22H,6,9H2,1-2H3,(H2,21,23). The van der Waals surface area contributed by atoms with Crippen LogP contribution in [-0.2, 0) is 11.2 Å². The zero-order valence-corrected chi connectivity index (χ0v) is 15.8. The van der Waals surface area contributed by atoms with Crippen molar-refractivity contribution in [1.82, 2.24) is 0 Å². The molecule has 0 aromatic heterocycles. The molecule has 2 aromatic rings. The maximum absolute atomic E-state index is 10.9. The fourth-order valence-electron chi connectivity index (χ4n) is 2.37. The molecule has 0 saturated heterocycles. The van der Waals surface area contributed by atoms with Gasteiger partial charge in [0.25, 0.3) is 0 Å². The number of aromatic hydroxyl groups is 1. The van der Waals surface area contributed by atoms with Crippen LogP contribution in [0.15, 0.2) is 35.2 Å². The number of hydrogen-bond acceptors (Lipinski definition) is 3. The number of carbonyl (C=O) groups excluding carboxylic acids is 1. The van der Waals surface area contributed by atoms with E-state index < -0.39 is 0 Å². The summed E-state index contributed by atoms with van der Waals surface area (Å²) in [7, 11) is 0. The highest BCUT2D eigenvalue weighted by Gasteiger charge is 2.12. The number of hydrogen-bond donors (Lipinski definition) is 2. The Morgan fingerprint density at radius 3 is 2.38 bits per heavy atom. The van der Waals surface area contributed by atoms with Crippen LogP contribution in [-0.4, -0.2) is 16.8 Å². The van der Waals surface area contributed by atoms with Gasteiger partial charge in [0.05, 0.1) is 5.75 Å². The van der Waals surface area contributed by atoms with E-state index in [9.17, 15) is 9.90 Å². The molecule has 6 heteroatoms. The highest BCUT2D eigenvalue weighted by molar-refractivity contribution is 8.00. The van der Waals surface area contributed by atoms with E-state index in [1.54, 1.807) is 18.2 Å². The summed E-state index contributed by atoms with van der Waals surface area (Å²) in [4.78, 5) is 11.7. The third-order valence-electron chi connectivity index (χ3n) is 3.59. The molecule has 0 unspecified atom stereocenters. The number of halogens is 2. The van der Waals surface area contributed by atoms with Crippen molar-refractivity contribution in [3.05, 3.63) is 57.1 Å². The summed E-state index contributed by atoms with van der Waals surface area (Å²) in [5.41, 5.74) is 7.90. The van der Waals surface area contributed by atoms with E-state index in [1.165, 1.54) is 11.8 Å². The maximum Gasteiger partial charge on any atom is 0.227 e. The number of phenolic OH excluding ortho intramolecular Hbond substituents is 1. The van der Waals surface area contributed by atoms with Crippen LogP contribution >= 0.6 is 35.0 Å². The van der Waals surface area contributed by atoms with Crippen molar-refractivity contribution in [3.8, 4) is 5.75 Å². The number of amides is 1. The molecule has 0 fully saturated rings. The highest BCUT2D eigenvalue weighted by atomic mass is 35.5. The smallest absolute Gasteiger partial charge is 0.227 e. The first kappa shape index (κ1) is 19.0. The van der Waals surface area contributed by atoms with Crippen LogP contribution in [0.5, 0.6) is 5.75 Å². The lowest BCUT2D eigenvalue weighted by Gasteiger charge is -2.13. The van der Waals surface area contributed by atoms with Crippen molar-refractivity contribution >= 4 is 40.9 Å². The van der Waals surface area contributed by atoms with Crippen molar-refractivity contribution in [2.75, 3.05) is 5.75 Å². The van der Waals surface area contributed by atoms with Gasteiger partial charge in [-0.2, -0.15) is 0 Å². The van der Waals surface area contributed by atoms with Crippen molar-refractivity contribution < 1.29 is 9.90 Å². The van der Waals surface area contributed by atoms with Gasteiger partial charge in [-0.25, -0.2) is 0 Å². The van der Waals surface area contributed by atoms with Gasteiger partial charge in [0.15, 0.2) is 0 Å². The van der Waals surface area contributed by atoms with Crippen molar-refractivity contribution in [3.63, 3.8) is 0 Å². The summed E-state index contributed by atoms with van der Waals surface area (Å²) >= 11 is 14.0. The molecule has 2 rings (SSSR count). The molecule has 0 radical (unpaired) electrons. The zero-order valence-electron chi connectivity index (χ0n) is 13.5. The molecule has 0 bridgehead atoms. The fraction of sp³-hybridized carbons (Fsp3) is 0.278. The summed E-state index contributed by atoms with van der Waals surface area (Å²) in [6.07, 6.45) is 0.568. The molecule has 1 amide bonds. The second kappa shape index (κ2) is 8.15. The molecule has 0 heterocycles. The van der Waals surface area contributed by atoms with Crippen molar-refractivity contribution in [2.45, 2.75) is 31.1 Å². The highest BCUT2D eigenvalue weighted by Crippen LogP contribution is 2.34. The normalized spacial score (nSPS) is 11.0. The molecule has 0 saturated carbocycles. The number of primary amides is 1. The first-order chi connectivity index (χ1) is 11.3. The minimum absolute atomic E-state index is 0.182. The third kappa shape index (κ3) is 4.82. The van der Waals surface area contributed by atoms with Gasteiger partial charge in [0, 0.05) is 21.4 Å². The second-order valence-electron chi connectivity index (χ2n) is 5.85. The zero-order chi connectivity index (χ0) is 17.9. The number of carbonyl (C=O) groups is 1. The molecule has 0 aliphatic carbocycles. The third-order valence-corrected chi connectivity index (χ3v) is 5.26. The van der Waals surface area contributed by atoms with E-state index in [4.69, 9.17) is 28.9 Å². The van der Waals surface area contributed by atoms with Gasteiger partial charge < -0.3 is 10.8 Å². The molecule has 0 spiro atoms. The number of rotatable bonds is 6. The predicted molar refractivity (Wildman–Crippen MR) is 101 cm³/mol. The summed E-state index contributed by atoms with van der Waals surface area (Å²) in [6.45, 7) is 4.06. The van der Waals surface area contributed by atoms with Crippen molar-refractivity contribution in [2.24, 2.45) is 5.73 Å². The number of thioether (sulfide) groups is 1. The summed E-state index contributed by atoms with van der Waals surface area (Å²) in [5, 5.41) is 11.0. The molecule has 0 atom stereocenters. The van der Waals surface area contributed by atoms with Gasteiger partial charge in [0.2, 0.25) is 5.91 Å². The van der Waals surface area contributed by atoms with Crippen LogP contribution in [0.25, 0.3) is 0 Å². The predicted octanol–water partition coefficient (Wildman–Crippen LogP) is 4.99. The van der Waals surface area contributed by atoms with Gasteiger partial charge in [-0.05, 0) is 40.8 Å². The van der Waals surface area contributed by atoms with E-state index in [2.05, 4.69) is 0 Å². The molecular formula is C18H19Cl2NO2S. The van der Waals surface area contributed by atoms with Gasteiger partial charge in [-0.3, -0.25) is 4.79 Å². The molecule has 3 nitrogen and oxygen atoms in total. The maximum atomic E-state index is 10.9. The van der Waals surface area contributed by atoms with E-state index in [-0.39, 0.29) is 17.6 Å². The van der Waals surface area contributed by atoms with Crippen LogP contribution in [0.2, 0.25) is 10.0 Å². The molecular weight excluding hydrogens is 365 g/mol. The van der Waals surface area contributed by atoms with Crippen LogP contribution in [0, 0.1) is 0 Å².